The first-order valence-corrected chi connectivity index (χ1v) is 8.50. The molecule has 2 amide bonds. The molecule has 0 fully saturated rings. The minimum Gasteiger partial charge on any atom is -0.493 e. The summed E-state index contributed by atoms with van der Waals surface area (Å²) in [6, 6.07) is 11.4. The Bertz CT molecular complexity index is 911. The summed E-state index contributed by atoms with van der Waals surface area (Å²) in [5.74, 6) is -0.485. The Morgan fingerprint density at radius 1 is 1.21 bits per heavy atom. The van der Waals surface area contributed by atoms with Gasteiger partial charge < -0.3 is 10.1 Å². The molecule has 2 aromatic rings. The number of amides is 2. The summed E-state index contributed by atoms with van der Waals surface area (Å²) in [4.78, 5) is 34.4. The van der Waals surface area contributed by atoms with Crippen molar-refractivity contribution in [1.82, 2.24) is 10.7 Å². The second-order valence-electron chi connectivity index (χ2n) is 5.65. The number of para-hydroxylation sites is 1. The molecule has 2 aromatic carbocycles. The van der Waals surface area contributed by atoms with Gasteiger partial charge in [0.15, 0.2) is 0 Å². The molecule has 2 rings (SSSR count). The zero-order valence-electron chi connectivity index (χ0n) is 15.5. The standard InChI is InChI=1S/C19H20N4O5/c1-3-28-17-10-5-4-7-14(17)11-21-22-18(24)12-20-19(25)15-8-6-9-16(13(15)2)23(26)27/h4-11H,3,12H2,1-2H3,(H,20,25)(H,22,24)/b21-11-. The second-order valence-corrected chi connectivity index (χ2v) is 5.65. The van der Waals surface area contributed by atoms with Gasteiger partial charge in [-0.25, -0.2) is 5.43 Å². The third kappa shape index (κ3) is 5.37. The van der Waals surface area contributed by atoms with E-state index in [9.17, 15) is 19.7 Å². The van der Waals surface area contributed by atoms with Crippen molar-refractivity contribution in [2.75, 3.05) is 13.2 Å². The molecule has 146 valence electrons. The van der Waals surface area contributed by atoms with Gasteiger partial charge in [-0.2, -0.15) is 5.10 Å². The van der Waals surface area contributed by atoms with Crippen molar-refractivity contribution in [1.29, 1.82) is 0 Å². The summed E-state index contributed by atoms with van der Waals surface area (Å²) >= 11 is 0. The predicted molar refractivity (Wildman–Crippen MR) is 104 cm³/mol. The van der Waals surface area contributed by atoms with Crippen molar-refractivity contribution in [3.05, 3.63) is 69.3 Å². The van der Waals surface area contributed by atoms with Crippen LogP contribution < -0.4 is 15.5 Å². The summed E-state index contributed by atoms with van der Waals surface area (Å²) in [6.45, 7) is 3.51. The Labute approximate surface area is 161 Å². The molecule has 9 nitrogen and oxygen atoms in total. The average Bonchev–Trinajstić information content (AvgIpc) is 2.67. The summed E-state index contributed by atoms with van der Waals surface area (Å²) < 4.78 is 5.45. The molecule has 28 heavy (non-hydrogen) atoms. The van der Waals surface area contributed by atoms with E-state index in [0.29, 0.717) is 17.9 Å². The zero-order chi connectivity index (χ0) is 20.5. The Kier molecular flexibility index (Phi) is 7.21. The van der Waals surface area contributed by atoms with Crippen LogP contribution in [0.25, 0.3) is 0 Å². The molecule has 0 aliphatic carbocycles. The van der Waals surface area contributed by atoms with E-state index in [1.165, 1.54) is 31.3 Å². The summed E-state index contributed by atoms with van der Waals surface area (Å²) in [6.07, 6.45) is 1.44. The predicted octanol–water partition coefficient (Wildman–Crippen LogP) is 2.18. The highest BCUT2D eigenvalue weighted by atomic mass is 16.6. The van der Waals surface area contributed by atoms with Crippen LogP contribution in [0, 0.1) is 17.0 Å². The van der Waals surface area contributed by atoms with Gasteiger partial charge in [0, 0.05) is 22.8 Å². The Morgan fingerprint density at radius 3 is 2.68 bits per heavy atom. The van der Waals surface area contributed by atoms with E-state index >= 15 is 0 Å². The van der Waals surface area contributed by atoms with E-state index in [-0.39, 0.29) is 23.4 Å². The van der Waals surface area contributed by atoms with E-state index in [4.69, 9.17) is 4.74 Å². The quantitative estimate of drug-likeness (QED) is 0.410. The van der Waals surface area contributed by atoms with E-state index in [0.717, 1.165) is 0 Å². The van der Waals surface area contributed by atoms with Gasteiger partial charge in [-0.05, 0) is 32.0 Å². The molecule has 0 spiro atoms. The van der Waals surface area contributed by atoms with Crippen LogP contribution in [0.2, 0.25) is 0 Å². The number of nitrogens with zero attached hydrogens (tertiary/aromatic N) is 2. The van der Waals surface area contributed by atoms with Crippen molar-refractivity contribution in [3.63, 3.8) is 0 Å². The van der Waals surface area contributed by atoms with Gasteiger partial charge in [0.25, 0.3) is 17.5 Å². The van der Waals surface area contributed by atoms with Crippen molar-refractivity contribution >= 4 is 23.7 Å². The summed E-state index contributed by atoms with van der Waals surface area (Å²) in [5.41, 5.74) is 3.21. The molecular weight excluding hydrogens is 364 g/mol. The molecule has 0 aromatic heterocycles. The maximum Gasteiger partial charge on any atom is 0.273 e. The van der Waals surface area contributed by atoms with Gasteiger partial charge in [0.1, 0.15) is 5.75 Å². The fourth-order valence-electron chi connectivity index (χ4n) is 2.41. The normalized spacial score (nSPS) is 10.5. The molecule has 0 bridgehead atoms. The monoisotopic (exact) mass is 384 g/mol. The maximum atomic E-state index is 12.2. The topological polar surface area (TPSA) is 123 Å². The van der Waals surface area contributed by atoms with Crippen LogP contribution in [0.3, 0.4) is 0 Å². The van der Waals surface area contributed by atoms with Gasteiger partial charge in [0.2, 0.25) is 0 Å². The Morgan fingerprint density at radius 2 is 1.96 bits per heavy atom. The number of hydrogen-bond acceptors (Lipinski definition) is 6. The van der Waals surface area contributed by atoms with Gasteiger partial charge in [-0.15, -0.1) is 0 Å². The third-order valence-corrected chi connectivity index (χ3v) is 3.77. The van der Waals surface area contributed by atoms with Crippen molar-refractivity contribution < 1.29 is 19.2 Å². The van der Waals surface area contributed by atoms with Crippen molar-refractivity contribution in [2.24, 2.45) is 5.10 Å². The number of ether oxygens (including phenoxy) is 1. The molecule has 0 saturated heterocycles. The van der Waals surface area contributed by atoms with Crippen molar-refractivity contribution in [2.45, 2.75) is 13.8 Å². The molecule has 0 atom stereocenters. The number of benzene rings is 2. The minimum absolute atomic E-state index is 0.135. The lowest BCUT2D eigenvalue weighted by Gasteiger charge is -2.07. The van der Waals surface area contributed by atoms with E-state index < -0.39 is 16.7 Å². The molecule has 0 aliphatic rings. The first-order chi connectivity index (χ1) is 13.4. The van der Waals surface area contributed by atoms with Crippen LogP contribution in [-0.4, -0.2) is 36.1 Å². The van der Waals surface area contributed by atoms with Crippen LogP contribution >= 0.6 is 0 Å². The van der Waals surface area contributed by atoms with Crippen LogP contribution in [0.1, 0.15) is 28.4 Å². The molecular formula is C19H20N4O5. The summed E-state index contributed by atoms with van der Waals surface area (Å²) in [7, 11) is 0. The van der Waals surface area contributed by atoms with Gasteiger partial charge in [0.05, 0.1) is 24.3 Å². The van der Waals surface area contributed by atoms with Crippen molar-refractivity contribution in [3.8, 4) is 5.75 Å². The van der Waals surface area contributed by atoms with Gasteiger partial charge >= 0.3 is 0 Å². The highest BCUT2D eigenvalue weighted by Crippen LogP contribution is 2.20. The number of hydrogen-bond donors (Lipinski definition) is 2. The molecule has 0 aliphatic heterocycles. The lowest BCUT2D eigenvalue weighted by molar-refractivity contribution is -0.385. The minimum atomic E-state index is -0.581. The van der Waals surface area contributed by atoms with E-state index in [2.05, 4.69) is 15.8 Å². The second kappa shape index (κ2) is 9.81. The highest BCUT2D eigenvalue weighted by molar-refractivity contribution is 5.98. The highest BCUT2D eigenvalue weighted by Gasteiger charge is 2.18. The fourth-order valence-corrected chi connectivity index (χ4v) is 2.41. The SMILES string of the molecule is CCOc1ccccc1/C=N\NC(=O)CNC(=O)c1cccc([N+](=O)[O-])c1C. The molecule has 2 N–H and O–H groups in total. The number of nitro groups is 1. The molecule has 0 unspecified atom stereocenters. The van der Waals surface area contributed by atoms with E-state index in [1.54, 1.807) is 12.1 Å². The van der Waals surface area contributed by atoms with E-state index in [1.807, 2.05) is 19.1 Å². The van der Waals surface area contributed by atoms with Crippen LogP contribution in [0.4, 0.5) is 5.69 Å². The smallest absolute Gasteiger partial charge is 0.273 e. The molecule has 0 heterocycles. The number of carbonyl (C=O) groups excluding carboxylic acids is 2. The Balaban J connectivity index is 1.92. The lowest BCUT2D eigenvalue weighted by atomic mass is 10.1. The number of nitro benzene ring substituents is 1. The number of rotatable bonds is 8. The summed E-state index contributed by atoms with van der Waals surface area (Å²) in [5, 5.41) is 17.2. The van der Waals surface area contributed by atoms with Gasteiger partial charge in [-0.1, -0.05) is 18.2 Å². The average molecular weight is 384 g/mol. The molecule has 0 saturated carbocycles. The zero-order valence-corrected chi connectivity index (χ0v) is 15.5. The number of hydrazone groups is 1. The van der Waals surface area contributed by atoms with Gasteiger partial charge in [-0.3, -0.25) is 19.7 Å². The molecule has 9 heteroatoms. The maximum absolute atomic E-state index is 12.2. The first kappa shape index (κ1) is 20.6. The number of carbonyl (C=O) groups is 2. The molecule has 0 radical (unpaired) electrons. The van der Waals surface area contributed by atoms with Crippen LogP contribution in [-0.2, 0) is 4.79 Å². The fraction of sp³-hybridized carbons (Fsp3) is 0.211. The Hall–Kier alpha value is -3.75. The number of nitrogens with one attached hydrogen (secondary N) is 2. The third-order valence-electron chi connectivity index (χ3n) is 3.77. The van der Waals surface area contributed by atoms with Crippen LogP contribution in [0.15, 0.2) is 47.6 Å². The first-order valence-electron chi connectivity index (χ1n) is 8.50. The largest absolute Gasteiger partial charge is 0.493 e. The lowest BCUT2D eigenvalue weighted by Crippen LogP contribution is -2.35. The van der Waals surface area contributed by atoms with Crippen LogP contribution in [0.5, 0.6) is 5.75 Å².